The van der Waals surface area contributed by atoms with Crippen LogP contribution in [0.3, 0.4) is 0 Å². The minimum atomic E-state index is 0.122. The van der Waals surface area contributed by atoms with E-state index < -0.39 is 0 Å². The molecule has 1 saturated heterocycles. The maximum atomic E-state index is 12.7. The number of quaternary nitrogens is 2. The Hall–Kier alpha value is -2.37. The van der Waals surface area contributed by atoms with E-state index in [1.165, 1.54) is 16.0 Å². The molecule has 174 valence electrons. The van der Waals surface area contributed by atoms with Gasteiger partial charge in [0.15, 0.2) is 0 Å². The number of hydrogen-bond donors (Lipinski definition) is 3. The first-order valence-corrected chi connectivity index (χ1v) is 12.0. The average Bonchev–Trinajstić information content (AvgIpc) is 2.77. The molecular formula is C27H41N3O2+2. The molecule has 2 aromatic carbocycles. The highest BCUT2D eigenvalue weighted by atomic mass is 16.5. The van der Waals surface area contributed by atoms with Crippen LogP contribution in [0.25, 0.3) is 0 Å². The van der Waals surface area contributed by atoms with Crippen LogP contribution in [-0.4, -0.2) is 46.2 Å². The minimum absolute atomic E-state index is 0.122. The van der Waals surface area contributed by atoms with Crippen LogP contribution >= 0.6 is 0 Å². The molecule has 3 rings (SSSR count). The number of hydrogen-bond acceptors (Lipinski definition) is 2. The highest BCUT2D eigenvalue weighted by Crippen LogP contribution is 2.16. The molecule has 0 saturated carbocycles. The van der Waals surface area contributed by atoms with E-state index in [1.54, 1.807) is 4.90 Å². The Balaban J connectivity index is 1.38. The number of piperidine rings is 1. The van der Waals surface area contributed by atoms with Crippen molar-refractivity contribution in [1.29, 1.82) is 0 Å². The standard InChI is InChI=1S/C27H39N3O2/c1-27(2,21-29(3)4)20-28-26(31)24-14-16-30(17-15-24)18-22-10-12-25(13-11-22)32-19-23-8-6-5-7-9-23/h5-13,24H,14-21H2,1-4H3,(H,28,31)/p+2. The lowest BCUT2D eigenvalue weighted by molar-refractivity contribution is -0.919. The molecule has 1 amide bonds. The molecule has 2 aromatic rings. The number of amides is 1. The van der Waals surface area contributed by atoms with Gasteiger partial charge in [-0.15, -0.1) is 0 Å². The van der Waals surface area contributed by atoms with Crippen molar-refractivity contribution in [3.8, 4) is 5.75 Å². The summed E-state index contributed by atoms with van der Waals surface area (Å²) >= 11 is 0. The third kappa shape index (κ3) is 7.95. The molecule has 0 bridgehead atoms. The average molecular weight is 440 g/mol. The Labute approximate surface area is 193 Å². The van der Waals surface area contributed by atoms with Gasteiger partial charge in [-0.3, -0.25) is 4.79 Å². The lowest BCUT2D eigenvalue weighted by Crippen LogP contribution is -3.11. The van der Waals surface area contributed by atoms with E-state index in [1.807, 2.05) is 18.2 Å². The molecule has 1 fully saturated rings. The lowest BCUT2D eigenvalue weighted by atomic mass is 9.91. The van der Waals surface area contributed by atoms with E-state index in [2.05, 4.69) is 69.7 Å². The van der Waals surface area contributed by atoms with E-state index in [-0.39, 0.29) is 17.2 Å². The molecule has 1 aliphatic rings. The molecule has 1 aliphatic heterocycles. The summed E-state index contributed by atoms with van der Waals surface area (Å²) in [5, 5.41) is 3.22. The topological polar surface area (TPSA) is 47.2 Å². The van der Waals surface area contributed by atoms with Crippen molar-refractivity contribution in [2.24, 2.45) is 11.3 Å². The molecule has 5 nitrogen and oxygen atoms in total. The molecule has 5 heteroatoms. The second-order valence-electron chi connectivity index (χ2n) is 10.4. The third-order valence-corrected chi connectivity index (χ3v) is 6.26. The Morgan fingerprint density at radius 3 is 2.31 bits per heavy atom. The predicted molar refractivity (Wildman–Crippen MR) is 129 cm³/mol. The number of nitrogens with one attached hydrogen (secondary N) is 3. The zero-order chi connectivity index (χ0) is 23.0. The lowest BCUT2D eigenvalue weighted by Gasteiger charge is -2.30. The molecule has 0 aliphatic carbocycles. The van der Waals surface area contributed by atoms with Crippen LogP contribution < -0.4 is 19.9 Å². The highest BCUT2D eigenvalue weighted by Gasteiger charge is 2.29. The molecule has 1 heterocycles. The zero-order valence-corrected chi connectivity index (χ0v) is 20.2. The van der Waals surface area contributed by atoms with Gasteiger partial charge in [0, 0.05) is 36.3 Å². The molecule has 0 aromatic heterocycles. The van der Waals surface area contributed by atoms with Gasteiger partial charge >= 0.3 is 0 Å². The summed E-state index contributed by atoms with van der Waals surface area (Å²) in [7, 11) is 4.32. The fourth-order valence-electron chi connectivity index (χ4n) is 4.69. The fraction of sp³-hybridized carbons (Fsp3) is 0.519. The number of likely N-dealkylation sites (tertiary alicyclic amines) is 1. The Bertz CT molecular complexity index is 826. The molecule has 0 spiro atoms. The summed E-state index contributed by atoms with van der Waals surface area (Å²) < 4.78 is 5.89. The summed E-state index contributed by atoms with van der Waals surface area (Å²) in [6.45, 7) is 9.95. The van der Waals surface area contributed by atoms with Gasteiger partial charge in [-0.25, -0.2) is 0 Å². The Morgan fingerprint density at radius 2 is 1.69 bits per heavy atom. The number of benzene rings is 2. The van der Waals surface area contributed by atoms with Gasteiger partial charge < -0.3 is 19.9 Å². The SMILES string of the molecule is C[NH+](C)CC(C)(C)CNC(=O)C1CC[NH+](Cc2ccc(OCc3ccccc3)cc2)CC1. The van der Waals surface area contributed by atoms with Crippen molar-refractivity contribution in [3.05, 3.63) is 65.7 Å². The predicted octanol–water partition coefficient (Wildman–Crippen LogP) is 1.35. The number of carbonyl (C=O) groups is 1. The first kappa shape index (κ1) is 24.3. The van der Waals surface area contributed by atoms with E-state index in [0.29, 0.717) is 6.61 Å². The second-order valence-corrected chi connectivity index (χ2v) is 10.4. The third-order valence-electron chi connectivity index (χ3n) is 6.26. The van der Waals surface area contributed by atoms with E-state index >= 15 is 0 Å². The zero-order valence-electron chi connectivity index (χ0n) is 20.2. The van der Waals surface area contributed by atoms with Crippen LogP contribution in [0.2, 0.25) is 0 Å². The second kappa shape index (κ2) is 11.5. The first-order chi connectivity index (χ1) is 15.3. The maximum Gasteiger partial charge on any atom is 0.223 e. The van der Waals surface area contributed by atoms with Crippen molar-refractivity contribution in [2.45, 2.75) is 39.8 Å². The minimum Gasteiger partial charge on any atom is -0.489 e. The number of rotatable bonds is 10. The molecule has 3 N–H and O–H groups in total. The normalized spacial score (nSPS) is 19.0. The largest absolute Gasteiger partial charge is 0.489 e. The van der Waals surface area contributed by atoms with Crippen LogP contribution in [0.5, 0.6) is 5.75 Å². The number of ether oxygens (including phenoxy) is 1. The fourth-order valence-corrected chi connectivity index (χ4v) is 4.69. The van der Waals surface area contributed by atoms with Gasteiger partial charge in [0.1, 0.15) is 18.9 Å². The Kier molecular flexibility index (Phi) is 8.71. The van der Waals surface area contributed by atoms with Gasteiger partial charge in [-0.1, -0.05) is 44.2 Å². The smallest absolute Gasteiger partial charge is 0.223 e. The molecule has 0 unspecified atom stereocenters. The van der Waals surface area contributed by atoms with E-state index in [4.69, 9.17) is 4.74 Å². The number of carbonyl (C=O) groups excluding carboxylic acids is 1. The van der Waals surface area contributed by atoms with Gasteiger partial charge in [0.05, 0.1) is 33.7 Å². The highest BCUT2D eigenvalue weighted by molar-refractivity contribution is 5.78. The van der Waals surface area contributed by atoms with Crippen molar-refractivity contribution < 1.29 is 19.3 Å². The summed E-state index contributed by atoms with van der Waals surface area (Å²) in [4.78, 5) is 15.6. The molecule has 0 radical (unpaired) electrons. The van der Waals surface area contributed by atoms with E-state index in [0.717, 1.165) is 51.3 Å². The van der Waals surface area contributed by atoms with Crippen LogP contribution in [0, 0.1) is 11.3 Å². The summed E-state index contributed by atoms with van der Waals surface area (Å²) in [5.74, 6) is 1.31. The van der Waals surface area contributed by atoms with Crippen LogP contribution in [-0.2, 0) is 17.9 Å². The maximum absolute atomic E-state index is 12.7. The summed E-state index contributed by atoms with van der Waals surface area (Å²) in [6.07, 6.45) is 1.94. The van der Waals surface area contributed by atoms with Crippen LogP contribution in [0.1, 0.15) is 37.8 Å². The summed E-state index contributed by atoms with van der Waals surface area (Å²) in [5.41, 5.74) is 2.62. The molecule has 32 heavy (non-hydrogen) atoms. The Morgan fingerprint density at radius 1 is 1.03 bits per heavy atom. The van der Waals surface area contributed by atoms with Crippen molar-refractivity contribution in [2.75, 3.05) is 40.3 Å². The van der Waals surface area contributed by atoms with Gasteiger partial charge in [-0.2, -0.15) is 0 Å². The van der Waals surface area contributed by atoms with Crippen molar-refractivity contribution in [3.63, 3.8) is 0 Å². The quantitative estimate of drug-likeness (QED) is 0.523. The van der Waals surface area contributed by atoms with Gasteiger partial charge in [-0.05, 0) is 29.8 Å². The van der Waals surface area contributed by atoms with Crippen molar-refractivity contribution in [1.82, 2.24) is 5.32 Å². The monoisotopic (exact) mass is 439 g/mol. The van der Waals surface area contributed by atoms with Crippen LogP contribution in [0.15, 0.2) is 54.6 Å². The molecular weight excluding hydrogens is 398 g/mol. The van der Waals surface area contributed by atoms with Crippen molar-refractivity contribution >= 4 is 5.91 Å². The first-order valence-electron chi connectivity index (χ1n) is 12.0. The molecule has 0 atom stereocenters. The van der Waals surface area contributed by atoms with Crippen LogP contribution in [0.4, 0.5) is 0 Å². The van der Waals surface area contributed by atoms with Gasteiger partial charge in [0.25, 0.3) is 0 Å². The van der Waals surface area contributed by atoms with E-state index in [9.17, 15) is 4.79 Å². The van der Waals surface area contributed by atoms with Gasteiger partial charge in [0.2, 0.25) is 5.91 Å². The summed E-state index contributed by atoms with van der Waals surface area (Å²) in [6, 6.07) is 18.7.